The first-order valence-electron chi connectivity index (χ1n) is 8.63. The Morgan fingerprint density at radius 1 is 1.07 bits per heavy atom. The van der Waals surface area contributed by atoms with Gasteiger partial charge in [-0.05, 0) is 69.4 Å². The van der Waals surface area contributed by atoms with E-state index in [-0.39, 0.29) is 0 Å². The summed E-state index contributed by atoms with van der Waals surface area (Å²) in [5.41, 5.74) is 2.46. The van der Waals surface area contributed by atoms with Crippen molar-refractivity contribution in [3.63, 3.8) is 0 Å². The molecule has 2 unspecified atom stereocenters. The minimum atomic E-state index is -1.55. The molecule has 1 aromatic heterocycles. The van der Waals surface area contributed by atoms with Crippen LogP contribution in [0, 0.1) is 0 Å². The molecule has 2 rings (SSSR count). The van der Waals surface area contributed by atoms with Gasteiger partial charge in [-0.2, -0.15) is 0 Å². The maximum atomic E-state index is 9.41. The van der Waals surface area contributed by atoms with Gasteiger partial charge in [-0.1, -0.05) is 34.1 Å². The average molecular weight is 447 g/mol. The predicted octanol–water partition coefficient (Wildman–Crippen LogP) is 1.36. The third-order valence-corrected chi connectivity index (χ3v) is 4.66. The fourth-order valence-corrected chi connectivity index (χ4v) is 2.66. The number of hydrogen-bond acceptors (Lipinski definition) is 6. The molecule has 0 fully saturated rings. The van der Waals surface area contributed by atoms with Gasteiger partial charge in [-0.25, -0.2) is 0 Å². The molecule has 2 atom stereocenters. The molecule has 7 heteroatoms. The van der Waals surface area contributed by atoms with E-state index in [4.69, 9.17) is 0 Å². The van der Waals surface area contributed by atoms with Gasteiger partial charge in [0.2, 0.25) is 0 Å². The van der Waals surface area contributed by atoms with Crippen molar-refractivity contribution in [1.29, 1.82) is 0 Å². The van der Waals surface area contributed by atoms with Gasteiger partial charge in [0.1, 0.15) is 0 Å². The van der Waals surface area contributed by atoms with Gasteiger partial charge in [-0.15, -0.1) is 0 Å². The maximum Gasteiger partial charge on any atom is 0.0643 e. The number of halogens is 1. The molecule has 0 spiro atoms. The second kappa shape index (κ2) is 12.0. The number of carboxylic acid groups (broad SMARTS) is 2. The van der Waals surface area contributed by atoms with Crippen LogP contribution < -0.4 is 10.2 Å². The molecule has 0 radical (unpaired) electrons. The Hall–Kier alpha value is -2.51. The molecule has 1 aromatic carbocycles. The number of aliphatic carboxylic acids is 2. The highest BCUT2D eigenvalue weighted by Crippen LogP contribution is 2.29. The molecular weight excluding hydrogens is 424 g/mol. The molecule has 28 heavy (non-hydrogen) atoms. The minimum Gasteiger partial charge on any atom is -0.545 e. The molecular formula is C21H23BrN2O4-2. The summed E-state index contributed by atoms with van der Waals surface area (Å²) in [4.78, 5) is 25.6. The quantitative estimate of drug-likeness (QED) is 0.595. The first-order chi connectivity index (χ1) is 13.2. The molecule has 0 aliphatic heterocycles. The van der Waals surface area contributed by atoms with Gasteiger partial charge in [-0.3, -0.25) is 4.98 Å². The number of hydrogen-bond donors (Lipinski definition) is 0. The summed E-state index contributed by atoms with van der Waals surface area (Å²) in [7, 11) is 4.25. The first kappa shape index (κ1) is 23.5. The molecule has 1 heterocycles. The average Bonchev–Trinajstić information content (AvgIpc) is 2.66. The van der Waals surface area contributed by atoms with Gasteiger partial charge >= 0.3 is 0 Å². The van der Waals surface area contributed by atoms with Gasteiger partial charge < -0.3 is 24.7 Å². The summed E-state index contributed by atoms with van der Waals surface area (Å²) in [6.07, 6.45) is 3.71. The summed E-state index contributed by atoms with van der Waals surface area (Å²) in [6, 6.07) is 15.2. The van der Waals surface area contributed by atoms with E-state index in [2.05, 4.69) is 83.2 Å². The molecule has 0 aliphatic carbocycles. The SMILES string of the molecule is CC(CC(c1ccc(Br)cc1)c1ccccn1)N(C)C.O=C([O-])/C=C\C(=O)[O-]. The molecule has 0 aliphatic rings. The number of nitrogens with zero attached hydrogens (tertiary/aromatic N) is 2. The van der Waals surface area contributed by atoms with E-state index in [0.717, 1.165) is 16.6 Å². The van der Waals surface area contributed by atoms with Crippen molar-refractivity contribution in [2.45, 2.75) is 25.3 Å². The Labute approximate surface area is 173 Å². The highest BCUT2D eigenvalue weighted by molar-refractivity contribution is 9.10. The van der Waals surface area contributed by atoms with E-state index in [1.54, 1.807) is 0 Å². The van der Waals surface area contributed by atoms with Crippen LogP contribution in [-0.2, 0) is 9.59 Å². The normalized spacial score (nSPS) is 12.9. The van der Waals surface area contributed by atoms with Crippen LogP contribution in [0.3, 0.4) is 0 Å². The number of carbonyl (C=O) groups excluding carboxylic acids is 2. The number of benzene rings is 1. The standard InChI is InChI=1S/C17H21BrN2.C4H4O4/c1-13(20(2)3)12-16(17-6-4-5-11-19-17)14-7-9-15(18)10-8-14;5-3(6)1-2-4(7)8/h4-11,13,16H,12H2,1-3H3;1-2H,(H,5,6)(H,7,8)/p-2/b;2-1-. The Morgan fingerprint density at radius 2 is 1.64 bits per heavy atom. The van der Waals surface area contributed by atoms with Crippen LogP contribution in [0.4, 0.5) is 0 Å². The maximum absolute atomic E-state index is 9.41. The lowest BCUT2D eigenvalue weighted by molar-refractivity contribution is -0.301. The smallest absolute Gasteiger partial charge is 0.0643 e. The highest BCUT2D eigenvalue weighted by atomic mass is 79.9. The van der Waals surface area contributed by atoms with E-state index in [1.807, 2.05) is 12.3 Å². The lowest BCUT2D eigenvalue weighted by Gasteiger charge is -2.25. The Balaban J connectivity index is 0.000000416. The predicted molar refractivity (Wildman–Crippen MR) is 107 cm³/mol. The zero-order chi connectivity index (χ0) is 21.1. The van der Waals surface area contributed by atoms with Gasteiger partial charge in [0, 0.05) is 28.3 Å². The van der Waals surface area contributed by atoms with Crippen molar-refractivity contribution in [3.05, 3.63) is 76.5 Å². The van der Waals surface area contributed by atoms with Crippen molar-refractivity contribution in [1.82, 2.24) is 9.88 Å². The molecule has 0 saturated carbocycles. The summed E-state index contributed by atoms with van der Waals surface area (Å²) in [5, 5.41) is 18.8. The van der Waals surface area contributed by atoms with Crippen LogP contribution in [0.1, 0.15) is 30.5 Å². The minimum absolute atomic E-state index is 0.335. The number of carbonyl (C=O) groups is 2. The van der Waals surface area contributed by atoms with Gasteiger partial charge in [0.25, 0.3) is 0 Å². The van der Waals surface area contributed by atoms with E-state index < -0.39 is 11.9 Å². The van der Waals surface area contributed by atoms with Crippen molar-refractivity contribution in [2.75, 3.05) is 14.1 Å². The third-order valence-electron chi connectivity index (χ3n) is 4.13. The van der Waals surface area contributed by atoms with Crippen molar-refractivity contribution < 1.29 is 19.8 Å². The lowest BCUT2D eigenvalue weighted by atomic mass is 9.89. The van der Waals surface area contributed by atoms with Gasteiger partial charge in [0.15, 0.2) is 0 Å². The Bertz CT molecular complexity index is 761. The Kier molecular flexibility index (Phi) is 10.1. The number of rotatable bonds is 7. The summed E-state index contributed by atoms with van der Waals surface area (Å²) < 4.78 is 1.11. The second-order valence-corrected chi connectivity index (χ2v) is 7.29. The van der Waals surface area contributed by atoms with Crippen LogP contribution in [0.25, 0.3) is 0 Å². The van der Waals surface area contributed by atoms with E-state index in [0.29, 0.717) is 24.1 Å². The van der Waals surface area contributed by atoms with Crippen LogP contribution in [0.15, 0.2) is 65.3 Å². The van der Waals surface area contributed by atoms with E-state index >= 15 is 0 Å². The largest absolute Gasteiger partial charge is 0.545 e. The molecule has 2 aromatic rings. The van der Waals surface area contributed by atoms with E-state index in [9.17, 15) is 19.8 Å². The molecule has 0 N–H and O–H groups in total. The summed E-state index contributed by atoms with van der Waals surface area (Å²) in [5.74, 6) is -2.76. The molecule has 6 nitrogen and oxygen atoms in total. The molecule has 0 saturated heterocycles. The number of carboxylic acids is 2. The van der Waals surface area contributed by atoms with Crippen molar-refractivity contribution in [2.24, 2.45) is 0 Å². The first-order valence-corrected chi connectivity index (χ1v) is 9.42. The second-order valence-electron chi connectivity index (χ2n) is 6.38. The van der Waals surface area contributed by atoms with Crippen LogP contribution in [-0.4, -0.2) is 42.0 Å². The highest BCUT2D eigenvalue weighted by Gasteiger charge is 2.19. The summed E-state index contributed by atoms with van der Waals surface area (Å²) in [6.45, 7) is 2.26. The monoisotopic (exact) mass is 446 g/mol. The summed E-state index contributed by atoms with van der Waals surface area (Å²) >= 11 is 3.50. The number of aromatic nitrogens is 1. The molecule has 0 bridgehead atoms. The van der Waals surface area contributed by atoms with E-state index in [1.165, 1.54) is 5.56 Å². The van der Waals surface area contributed by atoms with Crippen molar-refractivity contribution in [3.8, 4) is 0 Å². The van der Waals surface area contributed by atoms with Crippen molar-refractivity contribution >= 4 is 27.9 Å². The Morgan fingerprint density at radius 3 is 2.07 bits per heavy atom. The fourth-order valence-electron chi connectivity index (χ4n) is 2.39. The zero-order valence-electron chi connectivity index (χ0n) is 16.0. The number of pyridine rings is 1. The van der Waals surface area contributed by atoms with Crippen LogP contribution >= 0.6 is 15.9 Å². The van der Waals surface area contributed by atoms with Crippen LogP contribution in [0.5, 0.6) is 0 Å². The zero-order valence-corrected chi connectivity index (χ0v) is 17.6. The molecule has 150 valence electrons. The van der Waals surface area contributed by atoms with Crippen LogP contribution in [0.2, 0.25) is 0 Å². The topological polar surface area (TPSA) is 96.4 Å². The molecule has 0 amide bonds. The lowest BCUT2D eigenvalue weighted by Crippen LogP contribution is -2.27. The third kappa shape index (κ3) is 8.92. The van der Waals surface area contributed by atoms with Gasteiger partial charge in [0.05, 0.1) is 11.9 Å². The fraction of sp³-hybridized carbons (Fsp3) is 0.286.